The highest BCUT2D eigenvalue weighted by Crippen LogP contribution is 2.63. The summed E-state index contributed by atoms with van der Waals surface area (Å²) < 4.78 is 5.99. The van der Waals surface area contributed by atoms with E-state index in [1.54, 1.807) is 0 Å². The van der Waals surface area contributed by atoms with Gasteiger partial charge in [-0.25, -0.2) is 0 Å². The van der Waals surface area contributed by atoms with Crippen molar-refractivity contribution in [3.63, 3.8) is 0 Å². The fourth-order valence-electron chi connectivity index (χ4n) is 4.62. The summed E-state index contributed by atoms with van der Waals surface area (Å²) in [5.41, 5.74) is 6.63. The molecule has 1 aromatic carbocycles. The Kier molecular flexibility index (Phi) is 5.73. The van der Waals surface area contributed by atoms with Gasteiger partial charge in [0.25, 0.3) is 0 Å². The zero-order valence-electron chi connectivity index (χ0n) is 14.7. The molecule has 5 atom stereocenters. The second-order valence-corrected chi connectivity index (χ2v) is 8.10. The minimum atomic E-state index is -1.08. The smallest absolute Gasteiger partial charge is 0.426 e. The van der Waals surface area contributed by atoms with Crippen molar-refractivity contribution < 1.29 is 14.8 Å². The van der Waals surface area contributed by atoms with E-state index < -0.39 is 24.8 Å². The molecule has 0 saturated heterocycles. The van der Waals surface area contributed by atoms with E-state index in [9.17, 15) is 10.1 Å². The molecule has 4 nitrogen and oxygen atoms in total. The van der Waals surface area contributed by atoms with E-state index in [1.165, 1.54) is 0 Å². The molecule has 6 heteroatoms. The topological polar surface area (TPSA) is 75.7 Å². The van der Waals surface area contributed by atoms with Crippen LogP contribution in [0.2, 0.25) is 0 Å². The Morgan fingerprint density at radius 2 is 1.88 bits per heavy atom. The van der Waals surface area contributed by atoms with Crippen LogP contribution in [0, 0.1) is 17.3 Å². The van der Waals surface area contributed by atoms with Crippen molar-refractivity contribution in [1.82, 2.24) is 0 Å². The van der Waals surface area contributed by atoms with Gasteiger partial charge in [0.15, 0.2) is 0 Å². The van der Waals surface area contributed by atoms with Crippen LogP contribution in [0.25, 0.3) is 0 Å². The molecule has 134 valence electrons. The molecule has 0 heterocycles. The summed E-state index contributed by atoms with van der Waals surface area (Å²) in [6.07, 6.45) is 1.80. The number of aliphatic hydroxyl groups is 1. The SMILES string of the molecule is CC1(C)[C@@H]2C[C@H]1[C@@](C)(OB(O)[C@H](N)Cc1ccccc1)[C@@H](O)C2.Cl. The average molecular weight is 354 g/mol. The maximum absolute atomic E-state index is 10.5. The first-order valence-corrected chi connectivity index (χ1v) is 8.58. The minimum absolute atomic E-state index is 0. The second-order valence-electron chi connectivity index (χ2n) is 8.10. The number of aliphatic hydroxyl groups excluding tert-OH is 1. The van der Waals surface area contributed by atoms with Gasteiger partial charge in [-0.3, -0.25) is 0 Å². The lowest BCUT2D eigenvalue weighted by Crippen LogP contribution is -2.69. The molecule has 3 aliphatic rings. The minimum Gasteiger partial charge on any atom is -0.426 e. The normalized spacial score (nSPS) is 34.7. The lowest BCUT2D eigenvalue weighted by atomic mass is 9.43. The van der Waals surface area contributed by atoms with Crippen molar-refractivity contribution in [3.8, 4) is 0 Å². The van der Waals surface area contributed by atoms with Gasteiger partial charge in [-0.2, -0.15) is 0 Å². The summed E-state index contributed by atoms with van der Waals surface area (Å²) in [7, 11) is -1.08. The summed E-state index contributed by atoms with van der Waals surface area (Å²) in [6.45, 7) is 6.39. The van der Waals surface area contributed by atoms with Gasteiger partial charge in [0, 0.05) is 5.94 Å². The average Bonchev–Trinajstić information content (AvgIpc) is 2.50. The first kappa shape index (κ1) is 19.7. The van der Waals surface area contributed by atoms with Crippen molar-refractivity contribution in [3.05, 3.63) is 35.9 Å². The van der Waals surface area contributed by atoms with Gasteiger partial charge in [0.1, 0.15) is 0 Å². The van der Waals surface area contributed by atoms with Crippen LogP contribution in [0.1, 0.15) is 39.2 Å². The van der Waals surface area contributed by atoms with E-state index in [0.717, 1.165) is 18.4 Å². The molecule has 0 spiro atoms. The largest absolute Gasteiger partial charge is 0.472 e. The Balaban J connectivity index is 0.00000208. The predicted molar refractivity (Wildman–Crippen MR) is 98.8 cm³/mol. The second kappa shape index (κ2) is 6.97. The number of nitrogens with two attached hydrogens (primary N) is 1. The summed E-state index contributed by atoms with van der Waals surface area (Å²) in [6, 6.07) is 9.85. The first-order chi connectivity index (χ1) is 10.7. The molecule has 3 saturated carbocycles. The molecule has 0 aliphatic heterocycles. The zero-order chi connectivity index (χ0) is 16.8. The molecule has 4 N–H and O–H groups in total. The Hall–Kier alpha value is -0.585. The predicted octanol–water partition coefficient (Wildman–Crippen LogP) is 2.20. The first-order valence-electron chi connectivity index (χ1n) is 8.58. The maximum Gasteiger partial charge on any atom is 0.472 e. The van der Waals surface area contributed by atoms with E-state index in [4.69, 9.17) is 10.4 Å². The van der Waals surface area contributed by atoms with Gasteiger partial charge in [-0.15, -0.1) is 12.4 Å². The van der Waals surface area contributed by atoms with Crippen LogP contribution in [0.15, 0.2) is 30.3 Å². The van der Waals surface area contributed by atoms with Crippen molar-refractivity contribution >= 4 is 19.5 Å². The third kappa shape index (κ3) is 3.25. The van der Waals surface area contributed by atoms with Crippen LogP contribution < -0.4 is 5.73 Å². The third-order valence-corrected chi connectivity index (χ3v) is 6.39. The molecular weight excluding hydrogens is 324 g/mol. The Labute approximate surface area is 151 Å². The molecule has 0 amide bonds. The highest BCUT2D eigenvalue weighted by molar-refractivity contribution is 6.45. The van der Waals surface area contributed by atoms with Gasteiger partial charge < -0.3 is 20.5 Å². The number of fused-ring (bicyclic) bond motifs is 2. The number of halogens is 1. The van der Waals surface area contributed by atoms with Crippen LogP contribution in [-0.4, -0.2) is 34.9 Å². The van der Waals surface area contributed by atoms with Crippen LogP contribution >= 0.6 is 12.4 Å². The third-order valence-electron chi connectivity index (χ3n) is 6.39. The standard InChI is InChI=1S/C18H28BNO3.ClH/c1-17(2)13-10-14(17)18(3,15(21)11-13)23-19(22)16(20)9-12-7-5-4-6-8-12;/h4-8,13-16,21-22H,9-11,20H2,1-3H3;1H/t13-,14-,15+,16-,18-;/m1./s1. The molecule has 3 fully saturated rings. The van der Waals surface area contributed by atoms with Gasteiger partial charge in [0.05, 0.1) is 11.7 Å². The Morgan fingerprint density at radius 1 is 1.25 bits per heavy atom. The maximum atomic E-state index is 10.5. The molecule has 2 bridgehead atoms. The van der Waals surface area contributed by atoms with E-state index >= 15 is 0 Å². The van der Waals surface area contributed by atoms with Crippen molar-refractivity contribution in [2.75, 3.05) is 0 Å². The van der Waals surface area contributed by atoms with Gasteiger partial charge in [-0.1, -0.05) is 44.2 Å². The van der Waals surface area contributed by atoms with Crippen molar-refractivity contribution in [2.24, 2.45) is 23.0 Å². The van der Waals surface area contributed by atoms with Crippen LogP contribution in [0.4, 0.5) is 0 Å². The monoisotopic (exact) mass is 353 g/mol. The Bertz CT molecular complexity index is 558. The molecule has 0 unspecified atom stereocenters. The summed E-state index contributed by atoms with van der Waals surface area (Å²) in [5.74, 6) is 0.291. The number of rotatable bonds is 5. The molecule has 1 aromatic rings. The molecule has 0 aromatic heterocycles. The molecule has 3 aliphatic carbocycles. The molecular formula is C18H29BClNO3. The Morgan fingerprint density at radius 3 is 2.46 bits per heavy atom. The summed E-state index contributed by atoms with van der Waals surface area (Å²) in [5, 5.41) is 21.0. The number of hydrogen-bond donors (Lipinski definition) is 3. The van der Waals surface area contributed by atoms with Gasteiger partial charge in [-0.05, 0) is 49.0 Å². The van der Waals surface area contributed by atoms with Crippen molar-refractivity contribution in [1.29, 1.82) is 0 Å². The van der Waals surface area contributed by atoms with Crippen LogP contribution in [0.3, 0.4) is 0 Å². The van der Waals surface area contributed by atoms with E-state index in [-0.39, 0.29) is 23.7 Å². The van der Waals surface area contributed by atoms with E-state index in [2.05, 4.69) is 13.8 Å². The van der Waals surface area contributed by atoms with Crippen LogP contribution in [-0.2, 0) is 11.1 Å². The molecule has 24 heavy (non-hydrogen) atoms. The lowest BCUT2D eigenvalue weighted by Gasteiger charge is -2.66. The highest BCUT2D eigenvalue weighted by atomic mass is 35.5. The van der Waals surface area contributed by atoms with Crippen molar-refractivity contribution in [2.45, 2.75) is 57.7 Å². The number of hydrogen-bond acceptors (Lipinski definition) is 4. The summed E-state index contributed by atoms with van der Waals surface area (Å²) in [4.78, 5) is 0. The highest BCUT2D eigenvalue weighted by Gasteiger charge is 2.64. The zero-order valence-corrected chi connectivity index (χ0v) is 15.5. The fraction of sp³-hybridized carbons (Fsp3) is 0.667. The van der Waals surface area contributed by atoms with Gasteiger partial charge >= 0.3 is 7.12 Å². The quantitative estimate of drug-likeness (QED) is 0.709. The number of benzene rings is 1. The lowest BCUT2D eigenvalue weighted by molar-refractivity contribution is -0.239. The van der Waals surface area contributed by atoms with Gasteiger partial charge in [0.2, 0.25) is 0 Å². The van der Waals surface area contributed by atoms with E-state index in [0.29, 0.717) is 12.3 Å². The summed E-state index contributed by atoms with van der Waals surface area (Å²) >= 11 is 0. The fourth-order valence-corrected chi connectivity index (χ4v) is 4.62. The van der Waals surface area contributed by atoms with Crippen LogP contribution in [0.5, 0.6) is 0 Å². The molecule has 0 radical (unpaired) electrons. The van der Waals surface area contributed by atoms with E-state index in [1.807, 2.05) is 37.3 Å². The molecule has 4 rings (SSSR count).